The first-order valence-electron chi connectivity index (χ1n) is 11.3. The summed E-state index contributed by atoms with van der Waals surface area (Å²) in [5, 5.41) is 0. The molecular formula is C27H27NO4. The monoisotopic (exact) mass is 429 g/mol. The third kappa shape index (κ3) is 4.69. The van der Waals surface area contributed by atoms with Crippen molar-refractivity contribution in [1.82, 2.24) is 5.48 Å². The molecule has 164 valence electrons. The summed E-state index contributed by atoms with van der Waals surface area (Å²) in [7, 11) is 0. The number of hydrogen-bond acceptors (Lipinski definition) is 4. The zero-order valence-corrected chi connectivity index (χ0v) is 18.0. The maximum Gasteiger partial charge on any atom is 0.284 e. The second kappa shape index (κ2) is 9.55. The van der Waals surface area contributed by atoms with Crippen LogP contribution in [-0.2, 0) is 20.8 Å². The maximum atomic E-state index is 12.5. The highest BCUT2D eigenvalue weighted by Crippen LogP contribution is 2.33. The highest BCUT2D eigenvalue weighted by atomic mass is 16.8. The molecule has 0 radical (unpaired) electrons. The third-order valence-corrected chi connectivity index (χ3v) is 6.05. The van der Waals surface area contributed by atoms with Crippen LogP contribution in [0.1, 0.15) is 31.2 Å². The largest absolute Gasteiger partial charge is 0.480 e. The fourth-order valence-electron chi connectivity index (χ4n) is 4.23. The molecule has 0 saturated carbocycles. The van der Waals surface area contributed by atoms with Gasteiger partial charge in [0.1, 0.15) is 5.75 Å². The van der Waals surface area contributed by atoms with Crippen LogP contribution in [0.25, 0.3) is 22.3 Å². The molecule has 0 aromatic heterocycles. The van der Waals surface area contributed by atoms with Gasteiger partial charge in [0.25, 0.3) is 5.91 Å². The van der Waals surface area contributed by atoms with Crippen LogP contribution >= 0.6 is 0 Å². The summed E-state index contributed by atoms with van der Waals surface area (Å²) in [6, 6.07) is 25.1. The lowest BCUT2D eigenvalue weighted by Gasteiger charge is -2.27. The van der Waals surface area contributed by atoms with Crippen molar-refractivity contribution in [3.63, 3.8) is 0 Å². The molecule has 5 heteroatoms. The van der Waals surface area contributed by atoms with Gasteiger partial charge in [-0.05, 0) is 65.6 Å². The minimum Gasteiger partial charge on any atom is -0.480 e. The zero-order chi connectivity index (χ0) is 21.8. The van der Waals surface area contributed by atoms with Gasteiger partial charge in [-0.3, -0.25) is 4.79 Å². The Bertz CT molecular complexity index is 1060. The van der Waals surface area contributed by atoms with Crippen LogP contribution in [0, 0.1) is 0 Å². The molecule has 2 heterocycles. The van der Waals surface area contributed by atoms with E-state index in [4.69, 9.17) is 14.3 Å². The Hall–Kier alpha value is -3.15. The number of hydroxylamine groups is 1. The van der Waals surface area contributed by atoms with Gasteiger partial charge in [0.15, 0.2) is 12.4 Å². The number of hydrogen-bond donors (Lipinski definition) is 1. The van der Waals surface area contributed by atoms with Crippen molar-refractivity contribution in [2.75, 3.05) is 6.61 Å². The number of ether oxygens (including phenoxy) is 2. The quantitative estimate of drug-likeness (QED) is 0.560. The van der Waals surface area contributed by atoms with E-state index < -0.39 is 6.10 Å². The van der Waals surface area contributed by atoms with Gasteiger partial charge in [-0.1, -0.05) is 60.7 Å². The van der Waals surface area contributed by atoms with Crippen LogP contribution in [0.4, 0.5) is 0 Å². The van der Waals surface area contributed by atoms with Crippen molar-refractivity contribution < 1.29 is 19.1 Å². The van der Waals surface area contributed by atoms with Gasteiger partial charge in [0, 0.05) is 13.0 Å². The molecule has 2 unspecified atom stereocenters. The molecule has 1 amide bonds. The first-order valence-corrected chi connectivity index (χ1v) is 11.3. The van der Waals surface area contributed by atoms with Gasteiger partial charge in [-0.15, -0.1) is 0 Å². The van der Waals surface area contributed by atoms with E-state index in [0.29, 0.717) is 13.0 Å². The topological polar surface area (TPSA) is 56.8 Å². The van der Waals surface area contributed by atoms with Gasteiger partial charge in [-0.25, -0.2) is 10.3 Å². The lowest BCUT2D eigenvalue weighted by atomic mass is 9.95. The fraction of sp³-hybridized carbons (Fsp3) is 0.296. The number of benzene rings is 3. The number of carbonyl (C=O) groups is 1. The van der Waals surface area contributed by atoms with Crippen molar-refractivity contribution in [1.29, 1.82) is 0 Å². The summed E-state index contributed by atoms with van der Waals surface area (Å²) >= 11 is 0. The zero-order valence-electron chi connectivity index (χ0n) is 18.0. The Morgan fingerprint density at radius 3 is 2.31 bits per heavy atom. The van der Waals surface area contributed by atoms with Gasteiger partial charge in [0.05, 0.1) is 0 Å². The van der Waals surface area contributed by atoms with Crippen LogP contribution in [0.3, 0.4) is 0 Å². The smallest absolute Gasteiger partial charge is 0.284 e. The number of rotatable bonds is 5. The molecule has 5 nitrogen and oxygen atoms in total. The maximum absolute atomic E-state index is 12.5. The van der Waals surface area contributed by atoms with E-state index in [1.54, 1.807) is 0 Å². The molecule has 1 fully saturated rings. The highest BCUT2D eigenvalue weighted by molar-refractivity contribution is 5.80. The molecule has 1 saturated heterocycles. The minimum absolute atomic E-state index is 0.259. The first kappa shape index (κ1) is 20.7. The van der Waals surface area contributed by atoms with E-state index in [0.717, 1.165) is 48.1 Å². The van der Waals surface area contributed by atoms with Crippen LogP contribution in [0.2, 0.25) is 0 Å². The predicted molar refractivity (Wildman–Crippen MR) is 123 cm³/mol. The van der Waals surface area contributed by atoms with Crippen molar-refractivity contribution >= 4 is 5.91 Å². The Morgan fingerprint density at radius 1 is 0.844 bits per heavy atom. The van der Waals surface area contributed by atoms with Crippen molar-refractivity contribution in [2.45, 2.75) is 44.5 Å². The fourth-order valence-corrected chi connectivity index (χ4v) is 4.23. The van der Waals surface area contributed by atoms with E-state index in [1.165, 1.54) is 11.1 Å². The normalized spacial score (nSPS) is 20.1. The summed E-state index contributed by atoms with van der Waals surface area (Å²) in [4.78, 5) is 17.9. The second-order valence-corrected chi connectivity index (χ2v) is 8.29. The van der Waals surface area contributed by atoms with E-state index >= 15 is 0 Å². The van der Waals surface area contributed by atoms with Gasteiger partial charge < -0.3 is 9.47 Å². The first-order chi connectivity index (χ1) is 15.8. The molecule has 3 aromatic rings. The Balaban J connectivity index is 1.22. The van der Waals surface area contributed by atoms with Crippen LogP contribution < -0.4 is 10.2 Å². The molecule has 2 aliphatic rings. The van der Waals surface area contributed by atoms with Crippen molar-refractivity contribution in [2.24, 2.45) is 0 Å². The average molecular weight is 430 g/mol. The second-order valence-electron chi connectivity index (χ2n) is 8.29. The molecule has 0 aliphatic carbocycles. The number of nitrogens with one attached hydrogen (secondary N) is 1. The number of fused-ring (bicyclic) bond motifs is 1. The third-order valence-electron chi connectivity index (χ3n) is 6.05. The van der Waals surface area contributed by atoms with Crippen molar-refractivity contribution in [3.05, 3.63) is 78.4 Å². The van der Waals surface area contributed by atoms with E-state index in [1.807, 2.05) is 18.2 Å². The Labute approximate surface area is 188 Å². The standard InChI is InChI=1S/C27H27NO4/c29-27(28-32-26-8-4-5-17-30-26)25-16-14-23-18-22(13-15-24(23)31-25)21-11-9-20(10-12-21)19-6-2-1-3-7-19/h1-3,6-7,9-13,15,18,25-26H,4-5,8,14,16-17H2,(H,28,29). The number of carbonyl (C=O) groups excluding carboxylic acids is 1. The summed E-state index contributed by atoms with van der Waals surface area (Å²) in [6.07, 6.45) is 3.36. The van der Waals surface area contributed by atoms with Crippen LogP contribution in [-0.4, -0.2) is 24.9 Å². The molecule has 2 atom stereocenters. The predicted octanol–water partition coefficient (Wildman–Crippen LogP) is 5.29. The minimum atomic E-state index is -0.554. The number of amides is 1. The molecule has 1 N–H and O–H groups in total. The van der Waals surface area contributed by atoms with Gasteiger partial charge >= 0.3 is 0 Å². The summed E-state index contributed by atoms with van der Waals surface area (Å²) in [6.45, 7) is 0.672. The molecule has 2 aliphatic heterocycles. The lowest BCUT2D eigenvalue weighted by Crippen LogP contribution is -2.42. The SMILES string of the molecule is O=C(NOC1CCCCO1)C1CCc2cc(-c3ccc(-c4ccccc4)cc3)ccc2O1. The molecule has 32 heavy (non-hydrogen) atoms. The van der Waals surface area contributed by atoms with Crippen LogP contribution in [0.5, 0.6) is 5.75 Å². The molecule has 5 rings (SSSR count). The van der Waals surface area contributed by atoms with E-state index in [-0.39, 0.29) is 12.2 Å². The molecule has 0 spiro atoms. The average Bonchev–Trinajstić information content (AvgIpc) is 2.88. The Morgan fingerprint density at radius 2 is 1.56 bits per heavy atom. The van der Waals surface area contributed by atoms with E-state index in [9.17, 15) is 4.79 Å². The molecule has 3 aromatic carbocycles. The molecule has 0 bridgehead atoms. The van der Waals surface area contributed by atoms with E-state index in [2.05, 4.69) is 60.1 Å². The van der Waals surface area contributed by atoms with Gasteiger partial charge in [-0.2, -0.15) is 0 Å². The molecular weight excluding hydrogens is 402 g/mol. The van der Waals surface area contributed by atoms with Crippen molar-refractivity contribution in [3.8, 4) is 28.0 Å². The summed E-state index contributed by atoms with van der Waals surface area (Å²) < 4.78 is 11.5. The Kier molecular flexibility index (Phi) is 6.19. The number of aryl methyl sites for hydroxylation is 1. The summed E-state index contributed by atoms with van der Waals surface area (Å²) in [5.74, 6) is 0.500. The highest BCUT2D eigenvalue weighted by Gasteiger charge is 2.27. The van der Waals surface area contributed by atoms with Crippen LogP contribution in [0.15, 0.2) is 72.8 Å². The summed E-state index contributed by atoms with van der Waals surface area (Å²) in [5.41, 5.74) is 8.36. The van der Waals surface area contributed by atoms with Gasteiger partial charge in [0.2, 0.25) is 0 Å². The lowest BCUT2D eigenvalue weighted by molar-refractivity contribution is -0.203.